The number of nitrogens with one attached hydrogen (secondary N) is 1. The van der Waals surface area contributed by atoms with E-state index in [1.807, 2.05) is 13.8 Å². The minimum Gasteiger partial charge on any atom is -0.361 e. The average Bonchev–Trinajstić information content (AvgIpc) is 2.89. The second-order valence-electron chi connectivity index (χ2n) is 7.41. The van der Waals surface area contributed by atoms with Crippen LogP contribution in [0, 0.1) is 19.8 Å². The van der Waals surface area contributed by atoms with E-state index < -0.39 is 0 Å². The number of aromatic nitrogens is 1. The Bertz CT molecular complexity index is 680. The standard InChI is InChI=1S/C21H30N2O2/c1-13(2)17-7-9-18(10-8-17)21(14(3)4)22-20(24)12-11-19-15(5)23-25-16(19)6/h7-10,13-14,21H,11-12H2,1-6H3,(H,22,24). The van der Waals surface area contributed by atoms with Gasteiger partial charge in [0.1, 0.15) is 5.76 Å². The molecule has 0 saturated heterocycles. The number of amides is 1. The molecule has 1 atom stereocenters. The number of nitrogens with zero attached hydrogens (tertiary/aromatic N) is 1. The average molecular weight is 342 g/mol. The van der Waals surface area contributed by atoms with Crippen LogP contribution in [-0.4, -0.2) is 11.1 Å². The monoisotopic (exact) mass is 342 g/mol. The highest BCUT2D eigenvalue weighted by atomic mass is 16.5. The smallest absolute Gasteiger partial charge is 0.220 e. The van der Waals surface area contributed by atoms with Crippen LogP contribution >= 0.6 is 0 Å². The lowest BCUT2D eigenvalue weighted by Crippen LogP contribution is -2.32. The number of hydrogen-bond acceptors (Lipinski definition) is 3. The lowest BCUT2D eigenvalue weighted by Gasteiger charge is -2.23. The minimum absolute atomic E-state index is 0.0263. The van der Waals surface area contributed by atoms with E-state index in [1.54, 1.807) is 0 Å². The van der Waals surface area contributed by atoms with Crippen LogP contribution in [0.2, 0.25) is 0 Å². The molecule has 1 N–H and O–H groups in total. The molecule has 0 aliphatic rings. The van der Waals surface area contributed by atoms with E-state index in [0.717, 1.165) is 22.6 Å². The molecular formula is C21H30N2O2. The van der Waals surface area contributed by atoms with Crippen molar-refractivity contribution in [3.8, 4) is 0 Å². The van der Waals surface area contributed by atoms with Gasteiger partial charge in [-0.25, -0.2) is 0 Å². The summed E-state index contributed by atoms with van der Waals surface area (Å²) >= 11 is 0. The van der Waals surface area contributed by atoms with Gasteiger partial charge in [0, 0.05) is 12.0 Å². The summed E-state index contributed by atoms with van der Waals surface area (Å²) in [6.45, 7) is 12.4. The Hall–Kier alpha value is -2.10. The van der Waals surface area contributed by atoms with Gasteiger partial charge in [0.05, 0.1) is 11.7 Å². The van der Waals surface area contributed by atoms with Gasteiger partial charge in [-0.2, -0.15) is 0 Å². The van der Waals surface area contributed by atoms with E-state index in [-0.39, 0.29) is 11.9 Å². The molecule has 136 valence electrons. The zero-order chi connectivity index (χ0) is 18.6. The van der Waals surface area contributed by atoms with Crippen LogP contribution in [0.3, 0.4) is 0 Å². The summed E-state index contributed by atoms with van der Waals surface area (Å²) in [5.41, 5.74) is 4.38. The molecule has 4 heteroatoms. The van der Waals surface area contributed by atoms with Crippen LogP contribution in [0.5, 0.6) is 0 Å². The summed E-state index contributed by atoms with van der Waals surface area (Å²) in [5, 5.41) is 7.14. The Kier molecular flexibility index (Phi) is 6.40. The SMILES string of the molecule is Cc1noc(C)c1CCC(=O)NC(c1ccc(C(C)C)cc1)C(C)C. The third-order valence-corrected chi connectivity index (χ3v) is 4.73. The van der Waals surface area contributed by atoms with E-state index in [0.29, 0.717) is 24.7 Å². The summed E-state index contributed by atoms with van der Waals surface area (Å²) in [4.78, 5) is 12.5. The van der Waals surface area contributed by atoms with Crippen LogP contribution in [0.15, 0.2) is 28.8 Å². The summed E-state index contributed by atoms with van der Waals surface area (Å²) in [6.07, 6.45) is 1.10. The Morgan fingerprint density at radius 3 is 2.16 bits per heavy atom. The molecule has 2 rings (SSSR count). The summed E-state index contributed by atoms with van der Waals surface area (Å²) in [6, 6.07) is 8.61. The molecule has 1 amide bonds. The Labute approximate surface area is 151 Å². The van der Waals surface area contributed by atoms with Gasteiger partial charge in [-0.1, -0.05) is 57.1 Å². The van der Waals surface area contributed by atoms with E-state index in [4.69, 9.17) is 4.52 Å². The van der Waals surface area contributed by atoms with Crippen LogP contribution in [0.4, 0.5) is 0 Å². The number of aryl methyl sites for hydroxylation is 2. The Balaban J connectivity index is 2.02. The lowest BCUT2D eigenvalue weighted by molar-refractivity contribution is -0.122. The van der Waals surface area contributed by atoms with Crippen molar-refractivity contribution < 1.29 is 9.32 Å². The number of benzene rings is 1. The molecule has 1 aromatic heterocycles. The fourth-order valence-electron chi connectivity index (χ4n) is 3.07. The fourth-order valence-corrected chi connectivity index (χ4v) is 3.07. The maximum atomic E-state index is 12.5. The van der Waals surface area contributed by atoms with Gasteiger partial charge in [-0.05, 0) is 43.2 Å². The molecule has 0 aliphatic heterocycles. The van der Waals surface area contributed by atoms with Crippen LogP contribution in [-0.2, 0) is 11.2 Å². The highest BCUT2D eigenvalue weighted by molar-refractivity contribution is 5.76. The number of hydrogen-bond donors (Lipinski definition) is 1. The van der Waals surface area contributed by atoms with Crippen molar-refractivity contribution in [1.82, 2.24) is 10.5 Å². The first kappa shape index (κ1) is 19.2. The summed E-state index contributed by atoms with van der Waals surface area (Å²) in [7, 11) is 0. The first-order chi connectivity index (χ1) is 11.8. The van der Waals surface area contributed by atoms with Crippen molar-refractivity contribution in [3.05, 3.63) is 52.4 Å². The van der Waals surface area contributed by atoms with Gasteiger partial charge in [-0.3, -0.25) is 4.79 Å². The van der Waals surface area contributed by atoms with E-state index >= 15 is 0 Å². The molecule has 1 aromatic carbocycles. The first-order valence-electron chi connectivity index (χ1n) is 9.10. The van der Waals surface area contributed by atoms with Crippen molar-refractivity contribution in [1.29, 1.82) is 0 Å². The van der Waals surface area contributed by atoms with Crippen LogP contribution in [0.25, 0.3) is 0 Å². The maximum Gasteiger partial charge on any atom is 0.220 e. The molecule has 0 radical (unpaired) electrons. The first-order valence-corrected chi connectivity index (χ1v) is 9.10. The topological polar surface area (TPSA) is 55.1 Å². The zero-order valence-corrected chi connectivity index (χ0v) is 16.2. The van der Waals surface area contributed by atoms with Crippen molar-refractivity contribution in [2.75, 3.05) is 0 Å². The minimum atomic E-state index is 0.0263. The molecular weight excluding hydrogens is 312 g/mol. The van der Waals surface area contributed by atoms with Gasteiger partial charge in [-0.15, -0.1) is 0 Å². The van der Waals surface area contributed by atoms with Gasteiger partial charge in [0.25, 0.3) is 0 Å². The molecule has 0 aliphatic carbocycles. The lowest BCUT2D eigenvalue weighted by atomic mass is 9.93. The third kappa shape index (κ3) is 4.94. The fraction of sp³-hybridized carbons (Fsp3) is 0.524. The van der Waals surface area contributed by atoms with Gasteiger partial charge < -0.3 is 9.84 Å². The second kappa shape index (κ2) is 8.32. The molecule has 0 bridgehead atoms. The molecule has 2 aromatic rings. The highest BCUT2D eigenvalue weighted by Gasteiger charge is 2.19. The maximum absolute atomic E-state index is 12.5. The quantitative estimate of drug-likeness (QED) is 0.781. The normalized spacial score (nSPS) is 12.6. The van der Waals surface area contributed by atoms with Crippen LogP contribution < -0.4 is 5.32 Å². The molecule has 1 unspecified atom stereocenters. The molecule has 0 saturated carbocycles. The number of carbonyl (C=O) groups is 1. The highest BCUT2D eigenvalue weighted by Crippen LogP contribution is 2.24. The second-order valence-corrected chi connectivity index (χ2v) is 7.41. The van der Waals surface area contributed by atoms with Gasteiger partial charge in [0.15, 0.2) is 0 Å². The van der Waals surface area contributed by atoms with E-state index in [1.165, 1.54) is 5.56 Å². The zero-order valence-electron chi connectivity index (χ0n) is 16.2. The van der Waals surface area contributed by atoms with Crippen LogP contribution in [0.1, 0.15) is 74.2 Å². The van der Waals surface area contributed by atoms with Crippen molar-refractivity contribution in [3.63, 3.8) is 0 Å². The van der Waals surface area contributed by atoms with Gasteiger partial charge >= 0.3 is 0 Å². The Morgan fingerprint density at radius 1 is 1.08 bits per heavy atom. The summed E-state index contributed by atoms with van der Waals surface area (Å²) in [5.74, 6) is 1.70. The van der Waals surface area contributed by atoms with Crippen molar-refractivity contribution >= 4 is 5.91 Å². The molecule has 4 nitrogen and oxygen atoms in total. The predicted octanol–water partition coefficient (Wildman–Crippen LogP) is 4.86. The number of carbonyl (C=O) groups excluding carboxylic acids is 1. The third-order valence-electron chi connectivity index (χ3n) is 4.73. The molecule has 25 heavy (non-hydrogen) atoms. The number of rotatable bonds is 7. The van der Waals surface area contributed by atoms with E-state index in [2.05, 4.69) is 62.4 Å². The molecule has 0 spiro atoms. The summed E-state index contributed by atoms with van der Waals surface area (Å²) < 4.78 is 5.16. The van der Waals surface area contributed by atoms with Crippen molar-refractivity contribution in [2.45, 2.75) is 66.3 Å². The van der Waals surface area contributed by atoms with Crippen molar-refractivity contribution in [2.24, 2.45) is 5.92 Å². The van der Waals surface area contributed by atoms with Gasteiger partial charge in [0.2, 0.25) is 5.91 Å². The van der Waals surface area contributed by atoms with E-state index in [9.17, 15) is 4.79 Å². The predicted molar refractivity (Wildman–Crippen MR) is 101 cm³/mol. The Morgan fingerprint density at radius 2 is 1.68 bits per heavy atom. The molecule has 0 fully saturated rings. The molecule has 1 heterocycles. The largest absolute Gasteiger partial charge is 0.361 e.